The topological polar surface area (TPSA) is 20.2 Å². The first-order chi connectivity index (χ1) is 4.61. The van der Waals surface area contributed by atoms with Gasteiger partial charge in [-0.05, 0) is 19.4 Å². The van der Waals surface area contributed by atoms with Crippen LogP contribution in [0.4, 0.5) is 0 Å². The Balaban J connectivity index is 0.000001000. The first-order valence-corrected chi connectivity index (χ1v) is 3.63. The summed E-state index contributed by atoms with van der Waals surface area (Å²) >= 11 is 0. The Morgan fingerprint density at radius 2 is 1.82 bits per heavy atom. The Hall–Kier alpha value is 1.50. The van der Waals surface area contributed by atoms with E-state index in [0.717, 1.165) is 16.4 Å². The minimum Gasteiger partial charge on any atom is -0.521 e. The SMILES string of the molecule is Cc1cc(C)c(O)c([PH-])c1.[Cs+]. The average Bonchev–Trinajstić information content (AvgIpc) is 1.82. The van der Waals surface area contributed by atoms with E-state index >= 15 is 0 Å². The van der Waals surface area contributed by atoms with E-state index in [2.05, 4.69) is 9.24 Å². The smallest absolute Gasteiger partial charge is 0.521 e. The molecule has 1 aromatic carbocycles. The van der Waals surface area contributed by atoms with Crippen molar-refractivity contribution in [1.82, 2.24) is 0 Å². The van der Waals surface area contributed by atoms with Gasteiger partial charge in [0.05, 0.1) is 5.75 Å². The van der Waals surface area contributed by atoms with Gasteiger partial charge in [0.15, 0.2) is 0 Å². The molecule has 0 heterocycles. The molecule has 0 aromatic heterocycles. The molecule has 0 amide bonds. The summed E-state index contributed by atoms with van der Waals surface area (Å²) in [5, 5.41) is 10.0. The second kappa shape index (κ2) is 5.28. The molecule has 0 atom stereocenters. The molecule has 0 saturated heterocycles. The molecule has 3 heteroatoms. The molecule has 1 rings (SSSR count). The van der Waals surface area contributed by atoms with E-state index in [1.165, 1.54) is 0 Å². The average molecular weight is 286 g/mol. The first-order valence-electron chi connectivity index (χ1n) is 3.13. The molecular weight excluding hydrogens is 276 g/mol. The van der Waals surface area contributed by atoms with Crippen LogP contribution in [0.15, 0.2) is 12.1 Å². The van der Waals surface area contributed by atoms with Crippen LogP contribution >= 0.6 is 9.24 Å². The third-order valence-electron chi connectivity index (χ3n) is 1.44. The van der Waals surface area contributed by atoms with Crippen molar-refractivity contribution in [2.24, 2.45) is 0 Å². The van der Waals surface area contributed by atoms with Gasteiger partial charge >= 0.3 is 68.9 Å². The van der Waals surface area contributed by atoms with Crippen LogP contribution in [-0.2, 0) is 0 Å². The number of hydrogen-bond donors (Lipinski definition) is 1. The van der Waals surface area contributed by atoms with Crippen molar-refractivity contribution in [2.45, 2.75) is 13.8 Å². The molecule has 1 aromatic rings. The molecule has 0 saturated carbocycles. The van der Waals surface area contributed by atoms with Crippen molar-refractivity contribution in [1.29, 1.82) is 0 Å². The molecule has 1 N–H and O–H groups in total. The van der Waals surface area contributed by atoms with Crippen molar-refractivity contribution >= 4 is 14.5 Å². The standard InChI is InChI=1S/C8H10OP.Cs/c1-5-3-6(2)8(9)7(10)4-5;/h3-4,9-10H,1-2H3;/q-1;+1. The summed E-state index contributed by atoms with van der Waals surface area (Å²) in [5.41, 5.74) is 2.06. The van der Waals surface area contributed by atoms with Crippen molar-refractivity contribution < 1.29 is 74.0 Å². The zero-order chi connectivity index (χ0) is 7.72. The number of hydrogen-bond acceptors (Lipinski definition) is 1. The summed E-state index contributed by atoms with van der Waals surface area (Å²) in [7, 11) is 3.30. The number of phenols is 1. The van der Waals surface area contributed by atoms with Gasteiger partial charge in [0.1, 0.15) is 0 Å². The van der Waals surface area contributed by atoms with Gasteiger partial charge < -0.3 is 14.3 Å². The predicted octanol–water partition coefficient (Wildman–Crippen LogP) is -1.22. The third kappa shape index (κ3) is 3.39. The van der Waals surface area contributed by atoms with Crippen LogP contribution in [0.3, 0.4) is 0 Å². The Morgan fingerprint density at radius 3 is 2.27 bits per heavy atom. The van der Waals surface area contributed by atoms with E-state index in [1.54, 1.807) is 0 Å². The minimum absolute atomic E-state index is 0. The molecule has 0 aliphatic rings. The number of aryl methyl sites for hydroxylation is 2. The molecule has 0 radical (unpaired) electrons. The van der Waals surface area contributed by atoms with E-state index in [4.69, 9.17) is 0 Å². The van der Waals surface area contributed by atoms with Gasteiger partial charge in [-0.25, -0.2) is 0 Å². The van der Waals surface area contributed by atoms with E-state index in [1.807, 2.05) is 26.0 Å². The Labute approximate surface area is 129 Å². The van der Waals surface area contributed by atoms with Crippen molar-refractivity contribution in [2.75, 3.05) is 0 Å². The number of benzene rings is 1. The molecule has 0 spiro atoms. The Kier molecular flexibility index (Phi) is 6.00. The van der Waals surface area contributed by atoms with E-state index < -0.39 is 0 Å². The van der Waals surface area contributed by atoms with E-state index in [9.17, 15) is 5.11 Å². The Morgan fingerprint density at radius 1 is 1.27 bits per heavy atom. The van der Waals surface area contributed by atoms with Gasteiger partial charge in [0.25, 0.3) is 0 Å². The third-order valence-corrected chi connectivity index (χ3v) is 1.83. The molecule has 1 nitrogen and oxygen atoms in total. The summed E-state index contributed by atoms with van der Waals surface area (Å²) in [5.74, 6) is 0.335. The molecule has 0 fully saturated rings. The molecule has 11 heavy (non-hydrogen) atoms. The van der Waals surface area contributed by atoms with Crippen LogP contribution in [0.1, 0.15) is 11.1 Å². The summed E-state index contributed by atoms with van der Waals surface area (Å²) in [6.07, 6.45) is 0. The van der Waals surface area contributed by atoms with Gasteiger partial charge in [-0.15, -0.1) is 0 Å². The fourth-order valence-corrected chi connectivity index (χ4v) is 1.38. The van der Waals surface area contributed by atoms with Crippen LogP contribution in [0.5, 0.6) is 5.75 Å². The molecule has 0 aliphatic heterocycles. The van der Waals surface area contributed by atoms with Crippen LogP contribution in [0.25, 0.3) is 0 Å². The first kappa shape index (κ1) is 12.5. The van der Waals surface area contributed by atoms with Gasteiger partial charge in [-0.1, -0.05) is 17.7 Å². The summed E-state index contributed by atoms with van der Waals surface area (Å²) in [6, 6.07) is 3.83. The zero-order valence-corrected chi connectivity index (χ0v) is 14.4. The quantitative estimate of drug-likeness (QED) is 0.593. The summed E-state index contributed by atoms with van der Waals surface area (Å²) < 4.78 is 0. The van der Waals surface area contributed by atoms with Gasteiger partial charge in [0, 0.05) is 0 Å². The van der Waals surface area contributed by atoms with Crippen LogP contribution in [-0.4, -0.2) is 5.11 Å². The van der Waals surface area contributed by atoms with Crippen molar-refractivity contribution in [3.05, 3.63) is 23.3 Å². The Bertz CT molecular complexity index is 237. The van der Waals surface area contributed by atoms with Gasteiger partial charge in [-0.3, -0.25) is 0 Å². The zero-order valence-electron chi connectivity index (χ0n) is 7.10. The van der Waals surface area contributed by atoms with Crippen LogP contribution in [0, 0.1) is 13.8 Å². The number of phenolic OH excluding ortho intramolecular Hbond substituents is 1. The maximum atomic E-state index is 9.28. The normalized spacial score (nSPS) is 9.00. The number of rotatable bonds is 0. The van der Waals surface area contributed by atoms with Crippen molar-refractivity contribution in [3.8, 4) is 5.75 Å². The number of aromatic hydroxyl groups is 1. The van der Waals surface area contributed by atoms with Crippen LogP contribution < -0.4 is 74.2 Å². The molecular formula is C8H10CsOP. The van der Waals surface area contributed by atoms with Crippen LogP contribution in [0.2, 0.25) is 0 Å². The van der Waals surface area contributed by atoms with Gasteiger partial charge in [-0.2, -0.15) is 5.30 Å². The maximum Gasteiger partial charge on any atom is 1.00 e. The fourth-order valence-electron chi connectivity index (χ4n) is 0.960. The molecule has 0 unspecified atom stereocenters. The predicted molar refractivity (Wildman–Crippen MR) is 45.5 cm³/mol. The van der Waals surface area contributed by atoms with E-state index in [-0.39, 0.29) is 68.9 Å². The molecule has 0 bridgehead atoms. The monoisotopic (exact) mass is 286 g/mol. The molecule has 54 valence electrons. The fraction of sp³-hybridized carbons (Fsp3) is 0.250. The second-order valence-corrected chi connectivity index (χ2v) is 3.02. The maximum absolute atomic E-state index is 9.28. The van der Waals surface area contributed by atoms with E-state index in [0.29, 0.717) is 5.75 Å². The van der Waals surface area contributed by atoms with Gasteiger partial charge in [0.2, 0.25) is 0 Å². The summed E-state index contributed by atoms with van der Waals surface area (Å²) in [4.78, 5) is 0. The summed E-state index contributed by atoms with van der Waals surface area (Å²) in [6.45, 7) is 3.88. The molecule has 0 aliphatic carbocycles. The largest absolute Gasteiger partial charge is 1.00 e. The minimum atomic E-state index is 0. The second-order valence-electron chi connectivity index (χ2n) is 2.48. The van der Waals surface area contributed by atoms with Crippen molar-refractivity contribution in [3.63, 3.8) is 0 Å².